The number of rotatable bonds is 1. The summed E-state index contributed by atoms with van der Waals surface area (Å²) in [6, 6.07) is 8.51. The summed E-state index contributed by atoms with van der Waals surface area (Å²) in [6.45, 7) is 6.17. The fourth-order valence-electron chi connectivity index (χ4n) is 3.66. The summed E-state index contributed by atoms with van der Waals surface area (Å²) in [5.74, 6) is 0.557. The van der Waals surface area contributed by atoms with Crippen LogP contribution >= 0.6 is 0 Å². The number of nitrogens with zero attached hydrogens (tertiary/aromatic N) is 4. The third-order valence-electron chi connectivity index (χ3n) is 4.84. The molecule has 0 radical (unpaired) electrons. The Morgan fingerprint density at radius 1 is 1.26 bits per heavy atom. The molecule has 1 aromatic carbocycles. The van der Waals surface area contributed by atoms with Crippen LogP contribution in [0.5, 0.6) is 0 Å². The van der Waals surface area contributed by atoms with Gasteiger partial charge in [-0.1, -0.05) is 42.5 Å². The van der Waals surface area contributed by atoms with Gasteiger partial charge in [0, 0.05) is 31.4 Å². The predicted octanol–water partition coefficient (Wildman–Crippen LogP) is 3.76. The number of aryl methyl sites for hydroxylation is 1. The first-order chi connectivity index (χ1) is 11.2. The van der Waals surface area contributed by atoms with Crippen molar-refractivity contribution in [2.24, 2.45) is 5.92 Å². The first kappa shape index (κ1) is 14.2. The van der Waals surface area contributed by atoms with Crippen molar-refractivity contribution in [3.63, 3.8) is 0 Å². The van der Waals surface area contributed by atoms with E-state index in [1.165, 1.54) is 28.1 Å². The van der Waals surface area contributed by atoms with Crippen LogP contribution in [0.3, 0.4) is 0 Å². The zero-order chi connectivity index (χ0) is 16.0. The van der Waals surface area contributed by atoms with E-state index >= 15 is 0 Å². The minimum Gasteiger partial charge on any atom is -0.370 e. The van der Waals surface area contributed by atoms with Gasteiger partial charge in [-0.25, -0.2) is 4.68 Å². The highest BCUT2D eigenvalue weighted by Gasteiger charge is 2.27. The van der Waals surface area contributed by atoms with Crippen LogP contribution in [0.1, 0.15) is 26.0 Å². The monoisotopic (exact) mass is 306 g/mol. The number of para-hydroxylation sites is 1. The molecule has 1 atom stereocenters. The molecule has 0 bridgehead atoms. The molecule has 0 N–H and O–H groups in total. The lowest BCUT2D eigenvalue weighted by atomic mass is 9.86. The molecule has 0 saturated carbocycles. The molecular weight excluding hydrogens is 284 g/mol. The quantitative estimate of drug-likeness (QED) is 0.804. The second kappa shape index (κ2) is 5.37. The van der Waals surface area contributed by atoms with E-state index in [-0.39, 0.29) is 0 Å². The molecular formula is C19H22N4. The summed E-state index contributed by atoms with van der Waals surface area (Å²) in [5.41, 5.74) is 7.42. The number of hydrogen-bond acceptors (Lipinski definition) is 3. The molecule has 4 rings (SSSR count). The number of anilines is 1. The summed E-state index contributed by atoms with van der Waals surface area (Å²) in [7, 11) is 2.16. The smallest absolute Gasteiger partial charge is 0.122 e. The standard InChI is InChI=1S/C19H22N4/c1-4-23-19-16-11-13(2)9-10-14(16)12-22(3)17-8-6-5-7-15(17)18(19)20-21-23/h5-10,13H,4,11-12H2,1-3H3. The van der Waals surface area contributed by atoms with E-state index in [0.29, 0.717) is 5.92 Å². The summed E-state index contributed by atoms with van der Waals surface area (Å²) in [4.78, 5) is 2.32. The zero-order valence-electron chi connectivity index (χ0n) is 14.0. The Labute approximate surface area is 137 Å². The van der Waals surface area contributed by atoms with Crippen molar-refractivity contribution in [1.29, 1.82) is 0 Å². The second-order valence-electron chi connectivity index (χ2n) is 6.52. The minimum absolute atomic E-state index is 0.557. The van der Waals surface area contributed by atoms with Crippen LogP contribution in [0.2, 0.25) is 0 Å². The highest BCUT2D eigenvalue weighted by molar-refractivity contribution is 5.88. The Balaban J connectivity index is 2.03. The lowest BCUT2D eigenvalue weighted by molar-refractivity contribution is 0.614. The molecule has 4 nitrogen and oxygen atoms in total. The number of benzene rings is 1. The first-order valence-corrected chi connectivity index (χ1v) is 8.33. The van der Waals surface area contributed by atoms with Gasteiger partial charge in [0.1, 0.15) is 5.69 Å². The molecule has 1 aliphatic carbocycles. The molecule has 0 saturated heterocycles. The number of aromatic nitrogens is 3. The topological polar surface area (TPSA) is 34.0 Å². The van der Waals surface area contributed by atoms with Crippen LogP contribution in [-0.4, -0.2) is 28.6 Å². The van der Waals surface area contributed by atoms with Gasteiger partial charge in [-0.15, -0.1) is 5.10 Å². The van der Waals surface area contributed by atoms with Crippen LogP contribution in [-0.2, 0) is 6.54 Å². The molecule has 4 heteroatoms. The fourth-order valence-corrected chi connectivity index (χ4v) is 3.66. The van der Waals surface area contributed by atoms with Gasteiger partial charge < -0.3 is 4.90 Å². The molecule has 2 aliphatic rings. The van der Waals surface area contributed by atoms with Crippen molar-refractivity contribution in [3.8, 4) is 11.3 Å². The Morgan fingerprint density at radius 2 is 2.09 bits per heavy atom. The van der Waals surface area contributed by atoms with E-state index in [1.807, 2.05) is 0 Å². The van der Waals surface area contributed by atoms with Crippen molar-refractivity contribution in [3.05, 3.63) is 47.7 Å². The van der Waals surface area contributed by atoms with Gasteiger partial charge in [-0.2, -0.15) is 0 Å². The molecule has 0 spiro atoms. The Hall–Kier alpha value is -2.36. The summed E-state index contributed by atoms with van der Waals surface area (Å²) < 4.78 is 2.05. The first-order valence-electron chi connectivity index (χ1n) is 8.33. The molecule has 1 aromatic heterocycles. The molecule has 2 aromatic rings. The summed E-state index contributed by atoms with van der Waals surface area (Å²) in [5, 5.41) is 8.98. The van der Waals surface area contributed by atoms with Gasteiger partial charge in [0.2, 0.25) is 0 Å². The highest BCUT2D eigenvalue weighted by atomic mass is 15.4. The van der Waals surface area contributed by atoms with Crippen molar-refractivity contribution < 1.29 is 0 Å². The molecule has 0 fully saturated rings. The van der Waals surface area contributed by atoms with Crippen LogP contribution in [0.15, 0.2) is 42.0 Å². The number of allylic oxidation sites excluding steroid dienone is 2. The summed E-state index contributed by atoms with van der Waals surface area (Å²) >= 11 is 0. The lowest BCUT2D eigenvalue weighted by Crippen LogP contribution is -2.24. The Kier molecular flexibility index (Phi) is 3.33. The van der Waals surface area contributed by atoms with E-state index < -0.39 is 0 Å². The van der Waals surface area contributed by atoms with Gasteiger partial charge in [-0.05, 0) is 36.5 Å². The number of hydrogen-bond donors (Lipinski definition) is 0. The third kappa shape index (κ3) is 2.21. The van der Waals surface area contributed by atoms with E-state index in [0.717, 1.165) is 25.2 Å². The average molecular weight is 306 g/mol. The van der Waals surface area contributed by atoms with Crippen molar-refractivity contribution in [1.82, 2.24) is 15.0 Å². The van der Waals surface area contributed by atoms with Gasteiger partial charge in [-0.3, -0.25) is 0 Å². The minimum atomic E-state index is 0.557. The van der Waals surface area contributed by atoms with Crippen molar-refractivity contribution in [2.45, 2.75) is 26.8 Å². The largest absolute Gasteiger partial charge is 0.370 e. The van der Waals surface area contributed by atoms with Crippen LogP contribution in [0, 0.1) is 5.92 Å². The van der Waals surface area contributed by atoms with Crippen LogP contribution in [0.4, 0.5) is 5.69 Å². The number of fused-ring (bicyclic) bond motifs is 4. The third-order valence-corrected chi connectivity index (χ3v) is 4.84. The maximum atomic E-state index is 4.55. The van der Waals surface area contributed by atoms with Gasteiger partial charge in [0.25, 0.3) is 0 Å². The second-order valence-corrected chi connectivity index (χ2v) is 6.52. The molecule has 1 unspecified atom stereocenters. The summed E-state index contributed by atoms with van der Waals surface area (Å²) in [6.07, 6.45) is 5.67. The molecule has 1 aliphatic heterocycles. The SMILES string of the molecule is CCn1nnc2c1C1=C(C=CC(C)C1)CN(C)c1ccccc1-2. The molecule has 2 heterocycles. The van der Waals surface area contributed by atoms with Crippen molar-refractivity contribution in [2.75, 3.05) is 18.5 Å². The van der Waals surface area contributed by atoms with Gasteiger partial charge in [0.15, 0.2) is 0 Å². The van der Waals surface area contributed by atoms with E-state index in [4.69, 9.17) is 0 Å². The van der Waals surface area contributed by atoms with Crippen LogP contribution < -0.4 is 4.90 Å². The van der Waals surface area contributed by atoms with Crippen LogP contribution in [0.25, 0.3) is 16.8 Å². The van der Waals surface area contributed by atoms with Crippen molar-refractivity contribution >= 4 is 11.3 Å². The average Bonchev–Trinajstić information content (AvgIpc) is 2.98. The van der Waals surface area contributed by atoms with E-state index in [2.05, 4.69) is 77.2 Å². The van der Waals surface area contributed by atoms with E-state index in [1.54, 1.807) is 0 Å². The Bertz CT molecular complexity index is 813. The maximum absolute atomic E-state index is 4.55. The number of likely N-dealkylation sites (N-methyl/N-ethyl adjacent to an activating group) is 1. The zero-order valence-corrected chi connectivity index (χ0v) is 14.0. The molecule has 118 valence electrons. The highest BCUT2D eigenvalue weighted by Crippen LogP contribution is 2.41. The van der Waals surface area contributed by atoms with Gasteiger partial charge >= 0.3 is 0 Å². The van der Waals surface area contributed by atoms with E-state index in [9.17, 15) is 0 Å². The fraction of sp³-hybridized carbons (Fsp3) is 0.368. The molecule has 0 amide bonds. The van der Waals surface area contributed by atoms with Gasteiger partial charge in [0.05, 0.1) is 5.69 Å². The maximum Gasteiger partial charge on any atom is 0.122 e. The Morgan fingerprint density at radius 3 is 2.91 bits per heavy atom. The molecule has 23 heavy (non-hydrogen) atoms. The predicted molar refractivity (Wildman–Crippen MR) is 94.2 cm³/mol. The lowest BCUT2D eigenvalue weighted by Gasteiger charge is -2.29. The normalized spacial score (nSPS) is 19.8.